The van der Waals surface area contributed by atoms with Crippen molar-refractivity contribution in [2.45, 2.75) is 6.17 Å². The molecule has 10 aromatic rings. The van der Waals surface area contributed by atoms with Crippen LogP contribution in [-0.4, -0.2) is 10.7 Å². The highest BCUT2D eigenvalue weighted by Crippen LogP contribution is 2.42. The van der Waals surface area contributed by atoms with Crippen LogP contribution in [0.3, 0.4) is 0 Å². The Hall–Kier alpha value is -6.98. The summed E-state index contributed by atoms with van der Waals surface area (Å²) in [6, 6.07) is 54.5. The second-order valence-corrected chi connectivity index (χ2v) is 13.4. The summed E-state index contributed by atoms with van der Waals surface area (Å²) in [7, 11) is 0. The Labute approximate surface area is 298 Å². The van der Waals surface area contributed by atoms with Crippen LogP contribution in [0.15, 0.2) is 178 Å². The molecule has 1 N–H and O–H groups in total. The first-order valence-corrected chi connectivity index (χ1v) is 17.5. The first-order chi connectivity index (χ1) is 25.7. The van der Waals surface area contributed by atoms with Gasteiger partial charge >= 0.3 is 0 Å². The predicted octanol–water partition coefficient (Wildman–Crippen LogP) is 12.0. The number of pyridine rings is 1. The highest BCUT2D eigenvalue weighted by atomic mass is 16.3. The van der Waals surface area contributed by atoms with Crippen LogP contribution < -0.4 is 5.32 Å². The van der Waals surface area contributed by atoms with Crippen LogP contribution in [0.5, 0.6) is 0 Å². The largest absolute Gasteiger partial charge is 0.456 e. The molecule has 0 saturated carbocycles. The fourth-order valence-corrected chi connectivity index (χ4v) is 7.83. The fourth-order valence-electron chi connectivity index (χ4n) is 7.83. The highest BCUT2D eigenvalue weighted by molar-refractivity contribution is 6.28. The Morgan fingerprint density at radius 3 is 2.00 bits per heavy atom. The zero-order chi connectivity index (χ0) is 34.2. The molecular weight excluding hydrogens is 639 g/mol. The van der Waals surface area contributed by atoms with Crippen LogP contribution in [0.2, 0.25) is 0 Å². The van der Waals surface area contributed by atoms with Crippen molar-refractivity contribution in [2.75, 3.05) is 0 Å². The third-order valence-electron chi connectivity index (χ3n) is 10.3. The molecule has 1 aliphatic rings. The monoisotopic (exact) mass is 667 g/mol. The first kappa shape index (κ1) is 28.8. The molecule has 52 heavy (non-hydrogen) atoms. The fraction of sp³-hybridized carbons (Fsp3) is 0.0213. The zero-order valence-corrected chi connectivity index (χ0v) is 27.9. The molecule has 5 nitrogen and oxygen atoms in total. The standard InChI is InChI=1S/C47H29N3O2/c1-3-11-28(12-4-1)38-27-39(30-19-21-33-32-15-8-10-18-40(32)52-43(33)26-30)50-47(49-38)31-20-23-41-36(25-31)45-42(51-41)24-22-35-44(45)34-16-7-9-17-37(34)48-46(35)29-13-5-2-6-14-29/h1-27,47,49H. The summed E-state index contributed by atoms with van der Waals surface area (Å²) in [5, 5.41) is 11.4. The Balaban J connectivity index is 1.11. The Morgan fingerprint density at radius 1 is 0.462 bits per heavy atom. The van der Waals surface area contributed by atoms with Gasteiger partial charge in [-0.3, -0.25) is 4.99 Å². The van der Waals surface area contributed by atoms with Crippen molar-refractivity contribution in [3.05, 3.63) is 180 Å². The van der Waals surface area contributed by atoms with E-state index in [0.29, 0.717) is 0 Å². The van der Waals surface area contributed by atoms with Crippen LogP contribution in [0.4, 0.5) is 0 Å². The normalized spacial score (nSPS) is 14.7. The molecule has 1 atom stereocenters. The number of rotatable bonds is 4. The molecule has 0 spiro atoms. The van der Waals surface area contributed by atoms with Crippen LogP contribution in [0.1, 0.15) is 22.9 Å². The van der Waals surface area contributed by atoms with Crippen molar-refractivity contribution in [3.8, 4) is 11.3 Å². The SMILES string of the molecule is C1=C(c2ccccc2)NC(c2ccc3oc4ccc5c(-c6ccccc6)nc6ccccc6c5c4c3c2)N=C1c1ccc2c(c1)oc1ccccc12. The zero-order valence-electron chi connectivity index (χ0n) is 27.9. The second-order valence-electron chi connectivity index (χ2n) is 13.4. The van der Waals surface area contributed by atoms with Gasteiger partial charge in [0.15, 0.2) is 0 Å². The minimum atomic E-state index is -0.343. The maximum Gasteiger partial charge on any atom is 0.145 e. The molecule has 7 aromatic carbocycles. The molecule has 0 aliphatic carbocycles. The topological polar surface area (TPSA) is 63.6 Å². The van der Waals surface area contributed by atoms with Crippen LogP contribution in [0.25, 0.3) is 82.5 Å². The third kappa shape index (κ3) is 4.49. The van der Waals surface area contributed by atoms with Gasteiger partial charge in [0.2, 0.25) is 0 Å². The summed E-state index contributed by atoms with van der Waals surface area (Å²) < 4.78 is 12.8. The maximum atomic E-state index is 6.55. The van der Waals surface area contributed by atoms with Crippen molar-refractivity contribution in [3.63, 3.8) is 0 Å². The number of allylic oxidation sites excluding steroid dienone is 1. The molecule has 5 heteroatoms. The van der Waals surface area contributed by atoms with Gasteiger partial charge in [-0.15, -0.1) is 0 Å². The molecule has 1 aliphatic heterocycles. The van der Waals surface area contributed by atoms with Gasteiger partial charge in [-0.2, -0.15) is 0 Å². The van der Waals surface area contributed by atoms with E-state index < -0.39 is 0 Å². The quantitative estimate of drug-likeness (QED) is 0.190. The van der Waals surface area contributed by atoms with Crippen LogP contribution in [-0.2, 0) is 0 Å². The summed E-state index contributed by atoms with van der Waals surface area (Å²) >= 11 is 0. The van der Waals surface area contributed by atoms with E-state index in [1.807, 2.05) is 30.3 Å². The Bertz CT molecular complexity index is 3100. The minimum Gasteiger partial charge on any atom is -0.456 e. The van der Waals surface area contributed by atoms with E-state index in [1.54, 1.807) is 0 Å². The molecule has 0 saturated heterocycles. The van der Waals surface area contributed by atoms with Gasteiger partial charge < -0.3 is 14.2 Å². The van der Waals surface area contributed by atoms with E-state index in [2.05, 4.69) is 139 Å². The number of aliphatic imine (C=N–C) groups is 1. The molecule has 0 bridgehead atoms. The van der Waals surface area contributed by atoms with Crippen molar-refractivity contribution in [1.29, 1.82) is 0 Å². The van der Waals surface area contributed by atoms with Crippen molar-refractivity contribution >= 4 is 77.0 Å². The second kappa shape index (κ2) is 11.3. The van der Waals surface area contributed by atoms with Gasteiger partial charge in [-0.1, -0.05) is 109 Å². The van der Waals surface area contributed by atoms with E-state index >= 15 is 0 Å². The number of nitrogens with one attached hydrogen (secondary N) is 1. The van der Waals surface area contributed by atoms with Crippen LogP contribution in [0, 0.1) is 0 Å². The lowest BCUT2D eigenvalue weighted by atomic mass is 9.95. The number of hydrogen-bond donors (Lipinski definition) is 1. The molecule has 0 radical (unpaired) electrons. The highest BCUT2D eigenvalue weighted by Gasteiger charge is 2.23. The number of aromatic nitrogens is 1. The number of furan rings is 2. The van der Waals surface area contributed by atoms with Crippen molar-refractivity contribution in [1.82, 2.24) is 10.3 Å². The summed E-state index contributed by atoms with van der Waals surface area (Å²) in [4.78, 5) is 10.5. The van der Waals surface area contributed by atoms with Gasteiger partial charge in [-0.05, 0) is 65.7 Å². The summed E-state index contributed by atoms with van der Waals surface area (Å²) in [5.41, 5.74) is 11.4. The average Bonchev–Trinajstić information content (AvgIpc) is 3.78. The van der Waals surface area contributed by atoms with E-state index in [4.69, 9.17) is 18.8 Å². The summed E-state index contributed by atoms with van der Waals surface area (Å²) in [5.74, 6) is 0. The lowest BCUT2D eigenvalue weighted by Crippen LogP contribution is -2.24. The third-order valence-corrected chi connectivity index (χ3v) is 10.3. The molecule has 3 aromatic heterocycles. The van der Waals surface area contributed by atoms with E-state index in [1.165, 1.54) is 0 Å². The van der Waals surface area contributed by atoms with Gasteiger partial charge in [-0.25, -0.2) is 4.98 Å². The van der Waals surface area contributed by atoms with E-state index in [0.717, 1.165) is 105 Å². The first-order valence-electron chi connectivity index (χ1n) is 17.5. The maximum absolute atomic E-state index is 6.55. The summed E-state index contributed by atoms with van der Waals surface area (Å²) in [6.45, 7) is 0. The lowest BCUT2D eigenvalue weighted by Gasteiger charge is -2.25. The van der Waals surface area contributed by atoms with Crippen molar-refractivity contribution in [2.24, 2.45) is 4.99 Å². The van der Waals surface area contributed by atoms with Gasteiger partial charge in [0.25, 0.3) is 0 Å². The molecule has 0 amide bonds. The van der Waals surface area contributed by atoms with E-state index in [-0.39, 0.29) is 6.17 Å². The number of fused-ring (bicyclic) bond motifs is 10. The number of nitrogens with zero attached hydrogens (tertiary/aromatic N) is 2. The Kier molecular flexibility index (Phi) is 6.25. The minimum absolute atomic E-state index is 0.343. The van der Waals surface area contributed by atoms with Crippen molar-refractivity contribution < 1.29 is 8.83 Å². The number of benzene rings is 7. The average molecular weight is 668 g/mol. The lowest BCUT2D eigenvalue weighted by molar-refractivity contribution is 0.658. The molecule has 11 rings (SSSR count). The number of hydrogen-bond acceptors (Lipinski definition) is 5. The van der Waals surface area contributed by atoms with Gasteiger partial charge in [0.05, 0.1) is 16.9 Å². The molecule has 0 fully saturated rings. The predicted molar refractivity (Wildman–Crippen MR) is 213 cm³/mol. The van der Waals surface area contributed by atoms with Gasteiger partial charge in [0, 0.05) is 54.5 Å². The van der Waals surface area contributed by atoms with Crippen LogP contribution >= 0.6 is 0 Å². The smallest absolute Gasteiger partial charge is 0.145 e. The molecule has 4 heterocycles. The Morgan fingerprint density at radius 2 is 1.13 bits per heavy atom. The molecule has 1 unspecified atom stereocenters. The molecule has 244 valence electrons. The summed E-state index contributed by atoms with van der Waals surface area (Å²) in [6.07, 6.45) is 1.79. The van der Waals surface area contributed by atoms with Gasteiger partial charge in [0.1, 0.15) is 28.5 Å². The number of para-hydroxylation sites is 2. The molecular formula is C47H29N3O2. The van der Waals surface area contributed by atoms with E-state index in [9.17, 15) is 0 Å².